The summed E-state index contributed by atoms with van der Waals surface area (Å²) in [5.41, 5.74) is 0.414. The first-order valence-electron chi connectivity index (χ1n) is 6.46. The van der Waals surface area contributed by atoms with Crippen molar-refractivity contribution in [1.29, 1.82) is 0 Å². The Kier molecular flexibility index (Phi) is 4.12. The van der Waals surface area contributed by atoms with Gasteiger partial charge in [0, 0.05) is 5.56 Å². The van der Waals surface area contributed by atoms with Gasteiger partial charge in [-0.25, -0.2) is 8.42 Å². The molecule has 7 heteroatoms. The fourth-order valence-corrected chi connectivity index (χ4v) is 3.71. The summed E-state index contributed by atoms with van der Waals surface area (Å²) in [6.45, 7) is 4.00. The molecule has 1 aliphatic rings. The van der Waals surface area contributed by atoms with E-state index < -0.39 is 16.0 Å². The predicted molar refractivity (Wildman–Crippen MR) is 70.9 cm³/mol. The molecule has 0 unspecified atom stereocenters. The molecule has 20 heavy (non-hydrogen) atoms. The monoisotopic (exact) mass is 298 g/mol. The van der Waals surface area contributed by atoms with Crippen LogP contribution >= 0.6 is 0 Å². The molecule has 0 spiro atoms. The molecular formula is C13H18N2O4S. The fourth-order valence-electron chi connectivity index (χ4n) is 2.24. The zero-order valence-corrected chi connectivity index (χ0v) is 12.4. The summed E-state index contributed by atoms with van der Waals surface area (Å²) >= 11 is 0. The van der Waals surface area contributed by atoms with Crippen molar-refractivity contribution in [3.8, 4) is 0 Å². The van der Waals surface area contributed by atoms with Crippen molar-refractivity contribution in [3.63, 3.8) is 0 Å². The average Bonchev–Trinajstić information content (AvgIpc) is 2.39. The van der Waals surface area contributed by atoms with E-state index in [0.29, 0.717) is 18.7 Å². The Bertz CT molecular complexity index is 619. The number of sulfonamides is 1. The van der Waals surface area contributed by atoms with Crippen LogP contribution in [0.5, 0.6) is 0 Å². The number of carboxylic acids is 1. The lowest BCUT2D eigenvalue weighted by Gasteiger charge is -2.29. The number of benzene rings is 1. The van der Waals surface area contributed by atoms with E-state index in [0.717, 1.165) is 13.1 Å². The maximum atomic E-state index is 12.5. The molecule has 0 aromatic heterocycles. The number of carboxylic acid groups (broad SMARTS) is 1. The van der Waals surface area contributed by atoms with Gasteiger partial charge < -0.3 is 14.8 Å². The van der Waals surface area contributed by atoms with Crippen molar-refractivity contribution in [2.24, 2.45) is 0 Å². The molecule has 0 bridgehead atoms. The van der Waals surface area contributed by atoms with Crippen LogP contribution in [0, 0.1) is 6.92 Å². The molecule has 1 N–H and O–H groups in total. The van der Waals surface area contributed by atoms with Gasteiger partial charge in [0.15, 0.2) is 0 Å². The van der Waals surface area contributed by atoms with Crippen LogP contribution in [-0.2, 0) is 10.0 Å². The Balaban J connectivity index is 2.35. The van der Waals surface area contributed by atoms with Crippen molar-refractivity contribution >= 4 is 16.0 Å². The summed E-state index contributed by atoms with van der Waals surface area (Å²) in [4.78, 5) is 12.3. The first-order chi connectivity index (χ1) is 9.32. The Morgan fingerprint density at radius 3 is 2.45 bits per heavy atom. The smallest absolute Gasteiger partial charge is 0.243 e. The molecular weight excluding hydrogens is 280 g/mol. The first-order valence-corrected chi connectivity index (χ1v) is 7.90. The summed E-state index contributed by atoms with van der Waals surface area (Å²) in [5.74, 6) is -1.36. The third-order valence-electron chi connectivity index (χ3n) is 3.64. The quantitative estimate of drug-likeness (QED) is 0.691. The number of rotatable bonds is 3. The van der Waals surface area contributed by atoms with Crippen LogP contribution in [0.15, 0.2) is 23.1 Å². The Morgan fingerprint density at radius 1 is 1.30 bits per heavy atom. The minimum Gasteiger partial charge on any atom is -0.545 e. The van der Waals surface area contributed by atoms with Gasteiger partial charge in [-0.1, -0.05) is 6.07 Å². The highest BCUT2D eigenvalue weighted by Gasteiger charge is 2.29. The van der Waals surface area contributed by atoms with E-state index in [1.165, 1.54) is 27.4 Å². The number of carbonyl (C=O) groups is 1. The summed E-state index contributed by atoms with van der Waals surface area (Å²) in [5, 5.41) is 11.0. The third kappa shape index (κ3) is 2.84. The van der Waals surface area contributed by atoms with Gasteiger partial charge in [-0.05, 0) is 24.6 Å². The molecule has 1 heterocycles. The zero-order chi connectivity index (χ0) is 14.9. The lowest BCUT2D eigenvalue weighted by molar-refractivity contribution is -0.883. The van der Waals surface area contributed by atoms with Gasteiger partial charge in [0.05, 0.1) is 44.1 Å². The van der Waals surface area contributed by atoms with Gasteiger partial charge in [-0.3, -0.25) is 0 Å². The van der Waals surface area contributed by atoms with Crippen LogP contribution < -0.4 is 10.0 Å². The second kappa shape index (κ2) is 5.51. The third-order valence-corrected chi connectivity index (χ3v) is 5.54. The van der Waals surface area contributed by atoms with Gasteiger partial charge in [-0.2, -0.15) is 4.31 Å². The van der Waals surface area contributed by atoms with Gasteiger partial charge in [0.1, 0.15) is 0 Å². The van der Waals surface area contributed by atoms with E-state index in [1.807, 2.05) is 7.05 Å². The number of carbonyl (C=O) groups excluding carboxylic acids is 1. The number of likely N-dealkylation sites (N-methyl/N-ethyl adjacent to an activating group) is 1. The number of nitrogens with zero attached hydrogens (tertiary/aromatic N) is 1. The predicted octanol–water partition coefficient (Wildman–Crippen LogP) is -2.12. The Hall–Kier alpha value is -1.44. The Labute approximate surface area is 118 Å². The highest BCUT2D eigenvalue weighted by atomic mass is 32.2. The molecule has 1 aromatic carbocycles. The summed E-state index contributed by atoms with van der Waals surface area (Å²) in [6, 6.07) is 4.13. The molecule has 6 nitrogen and oxygen atoms in total. The zero-order valence-electron chi connectivity index (χ0n) is 11.5. The van der Waals surface area contributed by atoms with Crippen LogP contribution in [0.1, 0.15) is 15.9 Å². The number of quaternary nitrogens is 1. The minimum absolute atomic E-state index is 0.0156. The molecule has 1 saturated heterocycles. The van der Waals surface area contributed by atoms with Crippen molar-refractivity contribution in [2.75, 3.05) is 33.2 Å². The lowest BCUT2D eigenvalue weighted by Crippen LogP contribution is -3.12. The van der Waals surface area contributed by atoms with E-state index in [4.69, 9.17) is 0 Å². The van der Waals surface area contributed by atoms with Gasteiger partial charge in [0.2, 0.25) is 10.0 Å². The molecule has 1 fully saturated rings. The standard InChI is InChI=1S/C13H18N2O4S/c1-10-3-4-11(9-12(10)13(16)17)20(18,19)15-7-5-14(2)6-8-15/h3-4,9H,5-8H2,1-2H3,(H,16,17). The van der Waals surface area contributed by atoms with E-state index in [1.54, 1.807) is 6.92 Å². The number of aromatic carboxylic acids is 1. The van der Waals surface area contributed by atoms with E-state index >= 15 is 0 Å². The first kappa shape index (κ1) is 15.0. The molecule has 0 saturated carbocycles. The SMILES string of the molecule is Cc1ccc(S(=O)(=O)N2CC[NH+](C)CC2)cc1C(=O)[O-]. The lowest BCUT2D eigenvalue weighted by atomic mass is 10.1. The summed E-state index contributed by atoms with van der Waals surface area (Å²) in [6.07, 6.45) is 0. The van der Waals surface area contributed by atoms with Crippen LogP contribution in [-0.4, -0.2) is 51.9 Å². The van der Waals surface area contributed by atoms with Crippen LogP contribution in [0.3, 0.4) is 0 Å². The van der Waals surface area contributed by atoms with Gasteiger partial charge >= 0.3 is 0 Å². The van der Waals surface area contributed by atoms with Gasteiger partial charge in [-0.15, -0.1) is 0 Å². The second-order valence-electron chi connectivity index (χ2n) is 5.13. The van der Waals surface area contributed by atoms with Crippen LogP contribution in [0.2, 0.25) is 0 Å². The van der Waals surface area contributed by atoms with Crippen molar-refractivity contribution in [3.05, 3.63) is 29.3 Å². The average molecular weight is 298 g/mol. The number of hydrogen-bond acceptors (Lipinski definition) is 4. The Morgan fingerprint density at radius 2 is 1.90 bits per heavy atom. The van der Waals surface area contributed by atoms with Crippen molar-refractivity contribution in [2.45, 2.75) is 11.8 Å². The number of nitrogens with one attached hydrogen (secondary N) is 1. The molecule has 0 aliphatic carbocycles. The van der Waals surface area contributed by atoms with Crippen LogP contribution in [0.4, 0.5) is 0 Å². The van der Waals surface area contributed by atoms with Crippen molar-refractivity contribution < 1.29 is 23.2 Å². The van der Waals surface area contributed by atoms with Gasteiger partial charge in [0.25, 0.3) is 0 Å². The van der Waals surface area contributed by atoms with E-state index in [-0.39, 0.29) is 10.5 Å². The maximum Gasteiger partial charge on any atom is 0.243 e. The molecule has 0 atom stereocenters. The molecule has 1 aromatic rings. The number of aryl methyl sites for hydroxylation is 1. The molecule has 110 valence electrons. The number of hydrogen-bond donors (Lipinski definition) is 1. The largest absolute Gasteiger partial charge is 0.545 e. The minimum atomic E-state index is -3.63. The normalized spacial score (nSPS) is 18.1. The maximum absolute atomic E-state index is 12.5. The van der Waals surface area contributed by atoms with E-state index in [9.17, 15) is 18.3 Å². The molecule has 2 rings (SSSR count). The van der Waals surface area contributed by atoms with Crippen molar-refractivity contribution in [1.82, 2.24) is 4.31 Å². The molecule has 0 radical (unpaired) electrons. The topological polar surface area (TPSA) is 82.0 Å². The number of piperazine rings is 1. The highest BCUT2D eigenvalue weighted by Crippen LogP contribution is 2.19. The van der Waals surface area contributed by atoms with Crippen LogP contribution in [0.25, 0.3) is 0 Å². The fraction of sp³-hybridized carbons (Fsp3) is 0.462. The summed E-state index contributed by atoms with van der Waals surface area (Å²) in [7, 11) is -1.61. The van der Waals surface area contributed by atoms with E-state index in [2.05, 4.69) is 0 Å². The molecule has 1 aliphatic heterocycles. The second-order valence-corrected chi connectivity index (χ2v) is 7.06. The summed E-state index contributed by atoms with van der Waals surface area (Å²) < 4.78 is 26.4. The molecule has 0 amide bonds. The highest BCUT2D eigenvalue weighted by molar-refractivity contribution is 7.89.